The largest absolute Gasteiger partial charge is 0.0983 e. The van der Waals surface area contributed by atoms with E-state index in [4.69, 9.17) is 0 Å². The second-order valence-electron chi connectivity index (χ2n) is 8.13. The maximum Gasteiger partial charge on any atom is -0.000778 e. The van der Waals surface area contributed by atoms with Crippen LogP contribution in [0.3, 0.4) is 0 Å². The topological polar surface area (TPSA) is 0 Å². The van der Waals surface area contributed by atoms with Crippen molar-refractivity contribution in [3.8, 4) is 0 Å². The molecule has 0 aromatic rings. The van der Waals surface area contributed by atoms with Gasteiger partial charge in [-0.15, -0.1) is 0 Å². The summed E-state index contributed by atoms with van der Waals surface area (Å²) in [7, 11) is 0.186. The van der Waals surface area contributed by atoms with Crippen LogP contribution in [0.2, 0.25) is 0 Å². The molecule has 0 radical (unpaired) electrons. The number of hydrogen-bond acceptors (Lipinski definition) is 0. The molecular formula is C17H29P. The smallest absolute Gasteiger partial charge is 0.000778 e. The lowest BCUT2D eigenvalue weighted by molar-refractivity contribution is 0.276. The first-order valence-electron chi connectivity index (χ1n) is 7.30. The lowest BCUT2D eigenvalue weighted by atomic mass is 9.81. The highest BCUT2D eigenvalue weighted by molar-refractivity contribution is 7.61. The minimum Gasteiger partial charge on any atom is -0.0983 e. The summed E-state index contributed by atoms with van der Waals surface area (Å²) in [5, 5.41) is 0. The van der Waals surface area contributed by atoms with E-state index < -0.39 is 0 Å². The van der Waals surface area contributed by atoms with Gasteiger partial charge >= 0.3 is 0 Å². The van der Waals surface area contributed by atoms with Gasteiger partial charge in [0, 0.05) is 0 Å². The molecule has 1 aliphatic carbocycles. The van der Waals surface area contributed by atoms with Crippen molar-refractivity contribution in [1.29, 1.82) is 0 Å². The molecule has 2 aliphatic rings. The molecule has 0 unspecified atom stereocenters. The van der Waals surface area contributed by atoms with E-state index in [0.717, 1.165) is 17.2 Å². The van der Waals surface area contributed by atoms with Crippen molar-refractivity contribution >= 4 is 7.92 Å². The number of hydrogen-bond donors (Lipinski definition) is 0. The highest BCUT2D eigenvalue weighted by Crippen LogP contribution is 2.69. The monoisotopic (exact) mass is 264 g/mol. The Balaban J connectivity index is 2.08. The van der Waals surface area contributed by atoms with E-state index in [2.05, 4.69) is 65.8 Å². The molecule has 1 fully saturated rings. The summed E-state index contributed by atoms with van der Waals surface area (Å²) in [4.78, 5) is 0. The molecule has 0 aromatic heterocycles. The maximum atomic E-state index is 2.44. The molecule has 18 heavy (non-hydrogen) atoms. The molecule has 2 atom stereocenters. The minimum absolute atomic E-state index is 0.186. The van der Waals surface area contributed by atoms with Crippen molar-refractivity contribution in [3.05, 3.63) is 24.3 Å². The van der Waals surface area contributed by atoms with Gasteiger partial charge in [-0.1, -0.05) is 73.8 Å². The van der Waals surface area contributed by atoms with Crippen LogP contribution in [-0.2, 0) is 0 Å². The molecule has 2 rings (SSSR count). The third-order valence-electron chi connectivity index (χ3n) is 4.50. The van der Waals surface area contributed by atoms with Gasteiger partial charge in [0.2, 0.25) is 0 Å². The summed E-state index contributed by atoms with van der Waals surface area (Å²) < 4.78 is 0. The van der Waals surface area contributed by atoms with Gasteiger partial charge in [-0.3, -0.25) is 0 Å². The molecule has 0 saturated carbocycles. The molecule has 102 valence electrons. The summed E-state index contributed by atoms with van der Waals surface area (Å²) in [6, 6.07) is 0. The zero-order valence-corrected chi connectivity index (χ0v) is 13.8. The minimum atomic E-state index is 0.186. The predicted molar refractivity (Wildman–Crippen MR) is 84.7 cm³/mol. The van der Waals surface area contributed by atoms with Gasteiger partial charge in [0.05, 0.1) is 0 Å². The van der Waals surface area contributed by atoms with E-state index in [0.29, 0.717) is 10.8 Å². The molecule has 0 spiro atoms. The van der Waals surface area contributed by atoms with Gasteiger partial charge in [0.25, 0.3) is 0 Å². The average molecular weight is 264 g/mol. The summed E-state index contributed by atoms with van der Waals surface area (Å²) >= 11 is 0. The summed E-state index contributed by atoms with van der Waals surface area (Å²) in [5.74, 6) is 0.728. The molecule has 0 N–H and O–H groups in total. The Morgan fingerprint density at radius 1 is 0.889 bits per heavy atom. The van der Waals surface area contributed by atoms with E-state index in [1.807, 2.05) is 0 Å². The third-order valence-corrected chi connectivity index (χ3v) is 8.91. The highest BCUT2D eigenvalue weighted by atomic mass is 31.1. The van der Waals surface area contributed by atoms with Crippen molar-refractivity contribution in [2.24, 2.45) is 16.7 Å². The SMILES string of the molecule is CC(C)(C)[C@H]1C[C@H](C(C)(C)C)P1CC1C=CC=C1. The van der Waals surface area contributed by atoms with Crippen molar-refractivity contribution in [2.75, 3.05) is 6.16 Å². The fourth-order valence-corrected chi connectivity index (χ4v) is 7.60. The molecule has 1 saturated heterocycles. The highest BCUT2D eigenvalue weighted by Gasteiger charge is 2.50. The Bertz CT molecular complexity index is 319. The Labute approximate surface area is 115 Å². The van der Waals surface area contributed by atoms with E-state index in [1.165, 1.54) is 12.6 Å². The van der Waals surface area contributed by atoms with Crippen molar-refractivity contribution in [3.63, 3.8) is 0 Å². The van der Waals surface area contributed by atoms with Gasteiger partial charge in [0.1, 0.15) is 0 Å². The van der Waals surface area contributed by atoms with Gasteiger partial charge in [-0.05, 0) is 40.6 Å². The number of allylic oxidation sites excluding steroid dienone is 4. The Kier molecular flexibility index (Phi) is 3.81. The van der Waals surface area contributed by atoms with Crippen LogP contribution < -0.4 is 0 Å². The average Bonchev–Trinajstić information content (AvgIpc) is 2.59. The fraction of sp³-hybridized carbons (Fsp3) is 0.765. The van der Waals surface area contributed by atoms with Crippen molar-refractivity contribution in [2.45, 2.75) is 59.3 Å². The van der Waals surface area contributed by atoms with Gasteiger partial charge in [-0.25, -0.2) is 0 Å². The lowest BCUT2D eigenvalue weighted by Gasteiger charge is -2.57. The van der Waals surface area contributed by atoms with Crippen LogP contribution in [0.4, 0.5) is 0 Å². The van der Waals surface area contributed by atoms with Crippen LogP contribution in [0.15, 0.2) is 24.3 Å². The normalized spacial score (nSPS) is 29.9. The Morgan fingerprint density at radius 2 is 1.33 bits per heavy atom. The van der Waals surface area contributed by atoms with Crippen molar-refractivity contribution < 1.29 is 0 Å². The Morgan fingerprint density at radius 3 is 1.72 bits per heavy atom. The first kappa shape index (κ1) is 14.3. The Hall–Kier alpha value is -0.0900. The van der Waals surface area contributed by atoms with E-state index >= 15 is 0 Å². The molecule has 0 nitrogen and oxygen atoms in total. The third kappa shape index (κ3) is 2.90. The maximum absolute atomic E-state index is 2.44. The first-order chi connectivity index (χ1) is 8.19. The van der Waals surface area contributed by atoms with Gasteiger partial charge < -0.3 is 0 Å². The van der Waals surface area contributed by atoms with Crippen LogP contribution in [0.5, 0.6) is 0 Å². The van der Waals surface area contributed by atoms with Crippen LogP contribution in [0.25, 0.3) is 0 Å². The summed E-state index contributed by atoms with van der Waals surface area (Å²) in [6.07, 6.45) is 12.1. The standard InChI is InChI=1S/C17H29P/c1-16(2,3)14-11-15(17(4,5)6)18(14)12-13-9-7-8-10-13/h7-10,13-15H,11-12H2,1-6H3/t14-,15-/m1/s1. The van der Waals surface area contributed by atoms with Gasteiger partial charge in [-0.2, -0.15) is 0 Å². The number of rotatable bonds is 2. The van der Waals surface area contributed by atoms with Crippen molar-refractivity contribution in [1.82, 2.24) is 0 Å². The van der Waals surface area contributed by atoms with E-state index in [9.17, 15) is 0 Å². The van der Waals surface area contributed by atoms with Gasteiger partial charge in [0.15, 0.2) is 0 Å². The lowest BCUT2D eigenvalue weighted by Crippen LogP contribution is -2.46. The van der Waals surface area contributed by atoms with Crippen LogP contribution >= 0.6 is 7.92 Å². The second kappa shape index (κ2) is 4.78. The molecule has 1 aliphatic heterocycles. The summed E-state index contributed by atoms with van der Waals surface area (Å²) in [5.41, 5.74) is 2.94. The molecule has 1 heterocycles. The molecule has 0 bridgehead atoms. The molecule has 1 heteroatoms. The van der Waals surface area contributed by atoms with Crippen LogP contribution in [0, 0.1) is 16.7 Å². The molecule has 0 amide bonds. The molecular weight excluding hydrogens is 235 g/mol. The predicted octanol–water partition coefficient (Wildman–Crippen LogP) is 5.44. The zero-order valence-electron chi connectivity index (χ0n) is 12.9. The summed E-state index contributed by atoms with van der Waals surface area (Å²) in [6.45, 7) is 14.6. The molecule has 0 aromatic carbocycles. The second-order valence-corrected chi connectivity index (χ2v) is 10.8. The fourth-order valence-electron chi connectivity index (χ4n) is 3.36. The van der Waals surface area contributed by atoms with Crippen LogP contribution in [-0.4, -0.2) is 17.5 Å². The van der Waals surface area contributed by atoms with E-state index in [-0.39, 0.29) is 7.92 Å². The van der Waals surface area contributed by atoms with E-state index in [1.54, 1.807) is 0 Å². The quantitative estimate of drug-likeness (QED) is 0.582. The first-order valence-corrected chi connectivity index (χ1v) is 8.97. The van der Waals surface area contributed by atoms with Crippen LogP contribution in [0.1, 0.15) is 48.0 Å². The zero-order chi connectivity index (χ0) is 13.6.